The number of nitrogens with zero attached hydrogens (tertiary/aromatic N) is 2. The minimum absolute atomic E-state index is 0.134. The Hall–Kier alpha value is -1.85. The zero-order chi connectivity index (χ0) is 17.5. The molecule has 0 unspecified atom stereocenters. The molecule has 5 heteroatoms. The molecular weight excluding hydrogens is 326 g/mol. The summed E-state index contributed by atoms with van der Waals surface area (Å²) in [6.45, 7) is 5.79. The number of benzene rings is 1. The van der Waals surface area contributed by atoms with Gasteiger partial charge < -0.3 is 19.5 Å². The van der Waals surface area contributed by atoms with Gasteiger partial charge in [0.2, 0.25) is 0 Å². The van der Waals surface area contributed by atoms with Crippen LogP contribution < -0.4 is 0 Å². The van der Waals surface area contributed by atoms with E-state index in [1.807, 2.05) is 35.4 Å². The Morgan fingerprint density at radius 2 is 2.08 bits per heavy atom. The second-order valence-electron chi connectivity index (χ2n) is 8.19. The van der Waals surface area contributed by atoms with Crippen molar-refractivity contribution in [1.29, 1.82) is 0 Å². The summed E-state index contributed by atoms with van der Waals surface area (Å²) in [5, 5.41) is 1.09. The van der Waals surface area contributed by atoms with Crippen LogP contribution in [0, 0.1) is 11.8 Å². The van der Waals surface area contributed by atoms with Gasteiger partial charge in [-0.1, -0.05) is 0 Å². The van der Waals surface area contributed by atoms with Gasteiger partial charge in [0.15, 0.2) is 0 Å². The minimum Gasteiger partial charge on any atom is -0.375 e. The van der Waals surface area contributed by atoms with E-state index in [9.17, 15) is 4.79 Å². The van der Waals surface area contributed by atoms with Crippen molar-refractivity contribution in [3.63, 3.8) is 0 Å². The molecule has 2 aromatic rings. The van der Waals surface area contributed by atoms with E-state index in [0.717, 1.165) is 61.6 Å². The fourth-order valence-corrected chi connectivity index (χ4v) is 4.50. The van der Waals surface area contributed by atoms with Crippen molar-refractivity contribution >= 4 is 16.8 Å². The third kappa shape index (κ3) is 3.26. The number of carbonyl (C=O) groups is 1. The molecule has 138 valence electrons. The van der Waals surface area contributed by atoms with Crippen molar-refractivity contribution in [2.45, 2.75) is 25.4 Å². The Kier molecular flexibility index (Phi) is 4.21. The topological polar surface area (TPSA) is 48.6 Å². The van der Waals surface area contributed by atoms with Gasteiger partial charge in [-0.15, -0.1) is 0 Å². The maximum atomic E-state index is 13.0. The highest BCUT2D eigenvalue weighted by atomic mass is 16.5. The van der Waals surface area contributed by atoms with E-state index < -0.39 is 0 Å². The van der Waals surface area contributed by atoms with E-state index in [2.05, 4.69) is 9.88 Å². The summed E-state index contributed by atoms with van der Waals surface area (Å²) in [5.74, 6) is 1.62. The lowest BCUT2D eigenvalue weighted by Crippen LogP contribution is -2.49. The van der Waals surface area contributed by atoms with Crippen molar-refractivity contribution in [3.8, 4) is 0 Å². The number of amides is 1. The molecule has 1 amide bonds. The Bertz CT molecular complexity index is 797. The number of carbonyl (C=O) groups excluding carboxylic acids is 1. The molecule has 1 aliphatic carbocycles. The number of H-pyrrole nitrogens is 1. The van der Waals surface area contributed by atoms with Gasteiger partial charge in [0.25, 0.3) is 5.91 Å². The largest absolute Gasteiger partial charge is 0.375 e. The number of ether oxygens (including phenoxy) is 1. The van der Waals surface area contributed by atoms with Crippen LogP contribution >= 0.6 is 0 Å². The maximum absolute atomic E-state index is 13.0. The van der Waals surface area contributed by atoms with Gasteiger partial charge in [0.05, 0.1) is 12.7 Å². The van der Waals surface area contributed by atoms with Crippen LogP contribution in [0.5, 0.6) is 0 Å². The summed E-state index contributed by atoms with van der Waals surface area (Å²) in [4.78, 5) is 20.8. The highest BCUT2D eigenvalue weighted by molar-refractivity contribution is 5.98. The lowest BCUT2D eigenvalue weighted by molar-refractivity contribution is -0.0171. The highest BCUT2D eigenvalue weighted by Crippen LogP contribution is 2.32. The Morgan fingerprint density at radius 1 is 1.15 bits per heavy atom. The van der Waals surface area contributed by atoms with Crippen molar-refractivity contribution in [2.75, 3.05) is 39.3 Å². The van der Waals surface area contributed by atoms with Crippen LogP contribution in [0.2, 0.25) is 0 Å². The van der Waals surface area contributed by atoms with E-state index in [-0.39, 0.29) is 12.0 Å². The zero-order valence-electron chi connectivity index (χ0n) is 15.2. The summed E-state index contributed by atoms with van der Waals surface area (Å²) < 4.78 is 6.17. The first-order chi connectivity index (χ1) is 12.8. The van der Waals surface area contributed by atoms with Gasteiger partial charge >= 0.3 is 0 Å². The van der Waals surface area contributed by atoms with Gasteiger partial charge in [-0.05, 0) is 49.4 Å². The fourth-order valence-electron chi connectivity index (χ4n) is 4.50. The number of hydrogen-bond acceptors (Lipinski definition) is 3. The summed E-state index contributed by atoms with van der Waals surface area (Å²) in [6.07, 6.45) is 5.95. The molecule has 2 atom stereocenters. The van der Waals surface area contributed by atoms with Crippen LogP contribution in [-0.4, -0.2) is 66.1 Å². The molecule has 0 radical (unpaired) electrons. The number of fused-ring (bicyclic) bond motifs is 2. The molecule has 1 saturated carbocycles. The molecule has 5 nitrogen and oxygen atoms in total. The molecule has 3 fully saturated rings. The molecule has 26 heavy (non-hydrogen) atoms. The summed E-state index contributed by atoms with van der Waals surface area (Å²) in [7, 11) is 0. The van der Waals surface area contributed by atoms with Crippen molar-refractivity contribution in [1.82, 2.24) is 14.8 Å². The predicted molar refractivity (Wildman–Crippen MR) is 101 cm³/mol. The number of rotatable bonds is 3. The lowest BCUT2D eigenvalue weighted by Gasteiger charge is -2.38. The molecular formula is C21H27N3O2. The Balaban J connectivity index is 1.26. The first kappa shape index (κ1) is 16.3. The number of aromatic amines is 1. The lowest BCUT2D eigenvalue weighted by atomic mass is 9.92. The van der Waals surface area contributed by atoms with Gasteiger partial charge in [0.1, 0.15) is 0 Å². The van der Waals surface area contributed by atoms with Crippen molar-refractivity contribution in [2.24, 2.45) is 11.8 Å². The number of nitrogens with one attached hydrogen (secondary N) is 1. The van der Waals surface area contributed by atoms with Crippen LogP contribution in [0.4, 0.5) is 0 Å². The minimum atomic E-state index is 0.134. The van der Waals surface area contributed by atoms with Gasteiger partial charge in [-0.25, -0.2) is 0 Å². The normalized spacial score (nSPS) is 27.3. The van der Waals surface area contributed by atoms with Gasteiger partial charge in [-0.3, -0.25) is 4.79 Å². The smallest absolute Gasteiger partial charge is 0.253 e. The molecule has 3 aliphatic rings. The van der Waals surface area contributed by atoms with Crippen molar-refractivity contribution in [3.05, 3.63) is 36.0 Å². The first-order valence-corrected chi connectivity index (χ1v) is 9.96. The SMILES string of the molecule is O=C(c1ccc2[nH]ccc2c1)N1CC[C@H]2CN(CC3CC3)CCO[C@H]2C1. The zero-order valence-corrected chi connectivity index (χ0v) is 15.2. The van der Waals surface area contributed by atoms with Crippen molar-refractivity contribution < 1.29 is 9.53 Å². The van der Waals surface area contributed by atoms with E-state index in [4.69, 9.17) is 4.74 Å². The van der Waals surface area contributed by atoms with Crippen LogP contribution in [0.15, 0.2) is 30.5 Å². The number of likely N-dealkylation sites (tertiary alicyclic amines) is 1. The molecule has 5 rings (SSSR count). The van der Waals surface area contributed by atoms with Crippen LogP contribution in [-0.2, 0) is 4.74 Å². The third-order valence-corrected chi connectivity index (χ3v) is 6.23. The monoisotopic (exact) mass is 353 g/mol. The first-order valence-electron chi connectivity index (χ1n) is 9.96. The van der Waals surface area contributed by atoms with E-state index in [1.165, 1.54) is 19.4 Å². The predicted octanol–water partition coefficient (Wildman–Crippen LogP) is 2.74. The maximum Gasteiger partial charge on any atom is 0.253 e. The number of hydrogen-bond donors (Lipinski definition) is 1. The fraction of sp³-hybridized carbons (Fsp3) is 0.571. The average molecular weight is 353 g/mol. The van der Waals surface area contributed by atoms with E-state index >= 15 is 0 Å². The van der Waals surface area contributed by atoms with Crippen LogP contribution in [0.25, 0.3) is 10.9 Å². The summed E-state index contributed by atoms with van der Waals surface area (Å²) in [5.41, 5.74) is 1.85. The third-order valence-electron chi connectivity index (χ3n) is 6.23. The highest BCUT2D eigenvalue weighted by Gasteiger charge is 2.36. The second kappa shape index (κ2) is 6.71. The molecule has 2 saturated heterocycles. The molecule has 0 spiro atoms. The summed E-state index contributed by atoms with van der Waals surface area (Å²) in [6, 6.07) is 7.93. The molecule has 3 heterocycles. The number of piperidine rings is 1. The standard InChI is InChI=1S/C21H27N3O2/c25-21(17-3-4-19-16(11-17)5-7-22-19)24-8-6-18-13-23(12-15-1-2-15)9-10-26-20(18)14-24/h3-5,7,11,15,18,20,22H,1-2,6,8-10,12-14H2/t18-,20-/m0/s1. The van der Waals surface area contributed by atoms with Gasteiger partial charge in [0, 0.05) is 61.3 Å². The van der Waals surface area contributed by atoms with Gasteiger partial charge in [-0.2, -0.15) is 0 Å². The second-order valence-corrected chi connectivity index (χ2v) is 8.19. The van der Waals surface area contributed by atoms with Crippen LogP contribution in [0.3, 0.4) is 0 Å². The van der Waals surface area contributed by atoms with E-state index in [0.29, 0.717) is 5.92 Å². The molecule has 0 bridgehead atoms. The Labute approximate surface area is 154 Å². The summed E-state index contributed by atoms with van der Waals surface area (Å²) >= 11 is 0. The molecule has 2 aliphatic heterocycles. The van der Waals surface area contributed by atoms with Crippen LogP contribution in [0.1, 0.15) is 29.6 Å². The molecule has 1 aromatic carbocycles. The molecule has 1 aromatic heterocycles. The molecule has 1 N–H and O–H groups in total. The Morgan fingerprint density at radius 3 is 2.96 bits per heavy atom. The average Bonchev–Trinajstić information content (AvgIpc) is 3.39. The van der Waals surface area contributed by atoms with E-state index in [1.54, 1.807) is 0 Å². The quantitative estimate of drug-likeness (QED) is 0.923. The number of aromatic nitrogens is 1.